The molecule has 0 aromatic carbocycles. The highest BCUT2D eigenvalue weighted by Gasteiger charge is 2.54. The molecule has 0 bridgehead atoms. The average molecular weight is 251 g/mol. The minimum atomic E-state index is -0.947. The molecule has 1 amide bonds. The Hall–Kier alpha value is -1.32. The average Bonchev–Trinajstić information content (AvgIpc) is 2.64. The number of ether oxygens (including phenoxy) is 1. The van der Waals surface area contributed by atoms with Crippen molar-refractivity contribution in [1.82, 2.24) is 4.90 Å². The molecule has 4 heteroatoms. The van der Waals surface area contributed by atoms with E-state index < -0.39 is 5.54 Å². The molecule has 2 rings (SSSR count). The Balaban J connectivity index is 2.39. The zero-order valence-corrected chi connectivity index (χ0v) is 11.4. The van der Waals surface area contributed by atoms with Gasteiger partial charge in [0, 0.05) is 6.92 Å². The lowest BCUT2D eigenvalue weighted by Crippen LogP contribution is -2.60. The van der Waals surface area contributed by atoms with Crippen molar-refractivity contribution in [3.05, 3.63) is 12.2 Å². The van der Waals surface area contributed by atoms with Crippen LogP contribution in [0.15, 0.2) is 12.2 Å². The van der Waals surface area contributed by atoms with Gasteiger partial charge in [-0.05, 0) is 25.8 Å². The van der Waals surface area contributed by atoms with Gasteiger partial charge in [0.1, 0.15) is 0 Å². The molecule has 0 saturated heterocycles. The van der Waals surface area contributed by atoms with Gasteiger partial charge in [-0.1, -0.05) is 25.3 Å². The summed E-state index contributed by atoms with van der Waals surface area (Å²) in [5, 5.41) is 0. The number of methoxy groups -OCH3 is 1. The number of amides is 1. The third-order valence-corrected chi connectivity index (χ3v) is 4.26. The topological polar surface area (TPSA) is 46.6 Å². The fourth-order valence-electron chi connectivity index (χ4n) is 3.49. The van der Waals surface area contributed by atoms with Gasteiger partial charge in [0.15, 0.2) is 5.54 Å². The van der Waals surface area contributed by atoms with E-state index in [0.29, 0.717) is 0 Å². The number of rotatable bonds is 1. The maximum absolute atomic E-state index is 12.0. The molecule has 0 N–H and O–H groups in total. The zero-order valence-electron chi connectivity index (χ0n) is 11.4. The summed E-state index contributed by atoms with van der Waals surface area (Å²) >= 11 is 0. The van der Waals surface area contributed by atoms with E-state index >= 15 is 0 Å². The Morgan fingerprint density at radius 3 is 2.28 bits per heavy atom. The molecule has 1 fully saturated rings. The zero-order chi connectivity index (χ0) is 13.4. The second-order valence-corrected chi connectivity index (χ2v) is 5.49. The van der Waals surface area contributed by atoms with Crippen LogP contribution in [0.1, 0.15) is 46.0 Å². The van der Waals surface area contributed by atoms with Gasteiger partial charge in [-0.25, -0.2) is 4.79 Å². The predicted molar refractivity (Wildman–Crippen MR) is 67.9 cm³/mol. The molecule has 1 heterocycles. The lowest BCUT2D eigenvalue weighted by atomic mass is 9.81. The van der Waals surface area contributed by atoms with E-state index in [2.05, 4.69) is 0 Å². The molecule has 100 valence electrons. The van der Waals surface area contributed by atoms with Gasteiger partial charge in [-0.2, -0.15) is 0 Å². The first-order valence-electron chi connectivity index (χ1n) is 6.56. The predicted octanol–water partition coefficient (Wildman–Crippen LogP) is 2.04. The molecule has 1 atom stereocenters. The summed E-state index contributed by atoms with van der Waals surface area (Å²) in [5.74, 6) is -0.425. The van der Waals surface area contributed by atoms with Crippen LogP contribution in [0.3, 0.4) is 0 Å². The smallest absolute Gasteiger partial charge is 0.335 e. The second kappa shape index (κ2) is 4.41. The van der Waals surface area contributed by atoms with Crippen molar-refractivity contribution < 1.29 is 14.3 Å². The van der Waals surface area contributed by atoms with Gasteiger partial charge in [-0.15, -0.1) is 0 Å². The van der Waals surface area contributed by atoms with Crippen LogP contribution in [0.25, 0.3) is 0 Å². The van der Waals surface area contributed by atoms with Gasteiger partial charge in [0.05, 0.1) is 12.6 Å². The van der Waals surface area contributed by atoms with Gasteiger partial charge >= 0.3 is 5.97 Å². The monoisotopic (exact) mass is 251 g/mol. The Kier molecular flexibility index (Phi) is 3.21. The first-order valence-corrected chi connectivity index (χ1v) is 6.56. The van der Waals surface area contributed by atoms with Crippen LogP contribution in [-0.4, -0.2) is 35.0 Å². The van der Waals surface area contributed by atoms with E-state index in [1.807, 2.05) is 12.2 Å². The number of carbonyl (C=O) groups excluding carboxylic acids is 2. The summed E-state index contributed by atoms with van der Waals surface area (Å²) in [6.45, 7) is 3.30. The molecule has 0 aromatic rings. The molecule has 1 aliphatic carbocycles. The van der Waals surface area contributed by atoms with Gasteiger partial charge in [0.2, 0.25) is 5.91 Å². The maximum atomic E-state index is 12.0. The van der Waals surface area contributed by atoms with E-state index in [1.165, 1.54) is 20.5 Å². The first-order chi connectivity index (χ1) is 8.46. The fraction of sp³-hybridized carbons (Fsp3) is 0.714. The Morgan fingerprint density at radius 2 is 1.78 bits per heavy atom. The molecule has 1 spiro atoms. The van der Waals surface area contributed by atoms with Crippen LogP contribution in [0.2, 0.25) is 0 Å². The van der Waals surface area contributed by atoms with E-state index in [9.17, 15) is 9.59 Å². The summed E-state index contributed by atoms with van der Waals surface area (Å²) in [4.78, 5) is 25.8. The van der Waals surface area contributed by atoms with E-state index in [1.54, 1.807) is 11.8 Å². The van der Waals surface area contributed by atoms with Crippen LogP contribution in [0.5, 0.6) is 0 Å². The highest BCUT2D eigenvalue weighted by atomic mass is 16.5. The molecule has 1 aliphatic heterocycles. The minimum Gasteiger partial charge on any atom is -0.467 e. The second-order valence-electron chi connectivity index (χ2n) is 5.49. The largest absolute Gasteiger partial charge is 0.467 e. The van der Waals surface area contributed by atoms with Crippen LogP contribution >= 0.6 is 0 Å². The van der Waals surface area contributed by atoms with Crippen LogP contribution < -0.4 is 0 Å². The Morgan fingerprint density at radius 1 is 1.17 bits per heavy atom. The highest BCUT2D eigenvalue weighted by molar-refractivity contribution is 5.91. The first kappa shape index (κ1) is 13.1. The van der Waals surface area contributed by atoms with Crippen molar-refractivity contribution in [2.75, 3.05) is 7.11 Å². The maximum Gasteiger partial charge on any atom is 0.335 e. The van der Waals surface area contributed by atoms with Crippen molar-refractivity contribution in [3.8, 4) is 0 Å². The highest BCUT2D eigenvalue weighted by Crippen LogP contribution is 2.44. The molecule has 1 unspecified atom stereocenters. The van der Waals surface area contributed by atoms with Crippen molar-refractivity contribution >= 4 is 11.9 Å². The molecule has 2 aliphatic rings. The summed E-state index contributed by atoms with van der Waals surface area (Å²) in [5.41, 5.74) is -1.22. The normalized spacial score (nSPS) is 29.6. The lowest BCUT2D eigenvalue weighted by molar-refractivity contribution is -0.160. The molecular formula is C14H21NO3. The number of hydrogen-bond donors (Lipinski definition) is 0. The Bertz CT molecular complexity index is 396. The number of carbonyl (C=O) groups is 2. The molecule has 0 aromatic heterocycles. The van der Waals surface area contributed by atoms with Crippen LogP contribution in [0, 0.1) is 0 Å². The number of hydrogen-bond acceptors (Lipinski definition) is 3. The van der Waals surface area contributed by atoms with Crippen molar-refractivity contribution in [3.63, 3.8) is 0 Å². The summed E-state index contributed by atoms with van der Waals surface area (Å²) in [6.07, 6.45) is 9.17. The third-order valence-electron chi connectivity index (χ3n) is 4.26. The standard InChI is InChI=1S/C14H21NO3/c1-11(16)15-13(2,12(17)18-3)9-10-14(15)7-5-4-6-8-14/h9-10H,4-8H2,1-3H3. The van der Waals surface area contributed by atoms with Crippen molar-refractivity contribution in [2.45, 2.75) is 57.0 Å². The van der Waals surface area contributed by atoms with E-state index in [-0.39, 0.29) is 17.4 Å². The van der Waals surface area contributed by atoms with Crippen LogP contribution in [0.4, 0.5) is 0 Å². The van der Waals surface area contributed by atoms with E-state index in [4.69, 9.17) is 4.74 Å². The quantitative estimate of drug-likeness (QED) is 0.529. The number of esters is 1. The number of nitrogens with zero attached hydrogens (tertiary/aromatic N) is 1. The molecule has 18 heavy (non-hydrogen) atoms. The van der Waals surface area contributed by atoms with Gasteiger partial charge < -0.3 is 9.64 Å². The minimum absolute atomic E-state index is 0.0604. The SMILES string of the molecule is COC(=O)C1(C)C=CC2(CCCCC2)N1C(C)=O. The van der Waals surface area contributed by atoms with Gasteiger partial charge in [-0.3, -0.25) is 4.79 Å². The fourth-order valence-corrected chi connectivity index (χ4v) is 3.49. The van der Waals surface area contributed by atoms with E-state index in [0.717, 1.165) is 25.7 Å². The van der Waals surface area contributed by atoms with Crippen LogP contribution in [-0.2, 0) is 14.3 Å². The third kappa shape index (κ3) is 1.74. The molecule has 1 saturated carbocycles. The summed E-state index contributed by atoms with van der Waals surface area (Å²) < 4.78 is 4.87. The molecule has 0 radical (unpaired) electrons. The molecular weight excluding hydrogens is 230 g/mol. The molecule has 4 nitrogen and oxygen atoms in total. The van der Waals surface area contributed by atoms with Crippen molar-refractivity contribution in [2.24, 2.45) is 0 Å². The summed E-state index contributed by atoms with van der Waals surface area (Å²) in [7, 11) is 1.37. The lowest BCUT2D eigenvalue weighted by Gasteiger charge is -2.46. The van der Waals surface area contributed by atoms with Gasteiger partial charge in [0.25, 0.3) is 0 Å². The van der Waals surface area contributed by atoms with Crippen molar-refractivity contribution in [1.29, 1.82) is 0 Å². The summed E-state index contributed by atoms with van der Waals surface area (Å²) in [6, 6.07) is 0. The Labute approximate surface area is 108 Å².